The Morgan fingerprint density at radius 1 is 1.27 bits per heavy atom. The number of aromatic nitrogens is 2. The van der Waals surface area contributed by atoms with Gasteiger partial charge in [0.05, 0.1) is 11.6 Å². The van der Waals surface area contributed by atoms with Gasteiger partial charge >= 0.3 is 5.69 Å². The lowest BCUT2D eigenvalue weighted by Gasteiger charge is -2.36. The van der Waals surface area contributed by atoms with Gasteiger partial charge in [-0.05, 0) is 67.7 Å². The van der Waals surface area contributed by atoms with Gasteiger partial charge < -0.3 is 5.11 Å². The van der Waals surface area contributed by atoms with E-state index in [1.807, 2.05) is 19.9 Å². The Kier molecular flexibility index (Phi) is 6.37. The maximum absolute atomic E-state index is 13.5. The summed E-state index contributed by atoms with van der Waals surface area (Å²) in [4.78, 5) is 41.2. The molecule has 0 aliphatic heterocycles. The molecule has 0 unspecified atom stereocenters. The summed E-state index contributed by atoms with van der Waals surface area (Å²) in [5.41, 5.74) is 0.659. The number of nitriles is 1. The van der Waals surface area contributed by atoms with E-state index in [1.54, 1.807) is 19.1 Å². The van der Waals surface area contributed by atoms with Crippen LogP contribution in [-0.4, -0.2) is 27.0 Å². The maximum atomic E-state index is 13.5. The van der Waals surface area contributed by atoms with Gasteiger partial charge in [0.1, 0.15) is 5.69 Å². The van der Waals surface area contributed by atoms with E-state index in [9.17, 15) is 19.6 Å². The summed E-state index contributed by atoms with van der Waals surface area (Å²) in [5, 5.41) is 18.4. The first-order valence-electron chi connectivity index (χ1n) is 10.3. The molecule has 1 aromatic heterocycles. The monoisotopic (exact) mass is 409 g/mol. The third-order valence-corrected chi connectivity index (χ3v) is 5.81. The van der Waals surface area contributed by atoms with Crippen molar-refractivity contribution in [3.63, 3.8) is 0 Å². The third kappa shape index (κ3) is 4.29. The molecular formula is C23H27N3O4. The minimum atomic E-state index is -0.591. The minimum absolute atomic E-state index is 0.110. The molecule has 0 spiro atoms. The molecule has 1 aliphatic carbocycles. The Labute approximate surface area is 175 Å². The molecule has 3 rings (SSSR count). The number of aromatic amines is 1. The number of hydrogen-bond acceptors (Lipinski definition) is 5. The van der Waals surface area contributed by atoms with Gasteiger partial charge in [0.15, 0.2) is 0 Å². The van der Waals surface area contributed by atoms with E-state index < -0.39 is 17.0 Å². The first-order chi connectivity index (χ1) is 14.2. The van der Waals surface area contributed by atoms with Crippen LogP contribution >= 0.6 is 0 Å². The van der Waals surface area contributed by atoms with E-state index in [-0.39, 0.29) is 29.7 Å². The standard InChI is InChI=1S/C23H27N3O4/c1-13(2)19-20(21(28)18-7-14(3)6-16(10-18)11-24)26(23(30)25-22(19)29)12-17-8-15(9-17)4-5-27/h6-7,10,13,15,17,27H,4-5,8-9,12H2,1-3H3,(H,25,29,30). The van der Waals surface area contributed by atoms with Crippen molar-refractivity contribution in [2.24, 2.45) is 11.8 Å². The maximum Gasteiger partial charge on any atom is 0.328 e. The van der Waals surface area contributed by atoms with Crippen molar-refractivity contribution in [2.45, 2.75) is 52.5 Å². The van der Waals surface area contributed by atoms with Crippen molar-refractivity contribution in [1.82, 2.24) is 9.55 Å². The quantitative estimate of drug-likeness (QED) is 0.682. The first kappa shape index (κ1) is 21.7. The number of carbonyl (C=O) groups excluding carboxylic acids is 1. The molecule has 1 saturated carbocycles. The fourth-order valence-corrected chi connectivity index (χ4v) is 4.36. The second-order valence-corrected chi connectivity index (χ2v) is 8.53. The lowest BCUT2D eigenvalue weighted by molar-refractivity contribution is 0.101. The average molecular weight is 409 g/mol. The van der Waals surface area contributed by atoms with Crippen LogP contribution in [0.2, 0.25) is 0 Å². The number of nitrogens with one attached hydrogen (secondary N) is 1. The Morgan fingerprint density at radius 3 is 2.57 bits per heavy atom. The highest BCUT2D eigenvalue weighted by Crippen LogP contribution is 2.37. The normalized spacial score (nSPS) is 18.1. The molecule has 0 amide bonds. The average Bonchev–Trinajstić information content (AvgIpc) is 2.66. The van der Waals surface area contributed by atoms with E-state index in [2.05, 4.69) is 4.98 Å². The van der Waals surface area contributed by atoms with Crippen LogP contribution in [0.5, 0.6) is 0 Å². The molecule has 0 bridgehead atoms. The number of nitrogens with zero attached hydrogens (tertiary/aromatic N) is 2. The smallest absolute Gasteiger partial charge is 0.328 e. The number of ketones is 1. The molecule has 0 atom stereocenters. The number of benzene rings is 1. The number of aryl methyl sites for hydroxylation is 1. The fraction of sp³-hybridized carbons (Fsp3) is 0.478. The Morgan fingerprint density at radius 2 is 1.97 bits per heavy atom. The lowest BCUT2D eigenvalue weighted by Crippen LogP contribution is -2.41. The van der Waals surface area contributed by atoms with Crippen LogP contribution in [0.1, 0.15) is 71.8 Å². The van der Waals surface area contributed by atoms with Crippen molar-refractivity contribution in [3.8, 4) is 6.07 Å². The van der Waals surface area contributed by atoms with Gasteiger partial charge in [-0.1, -0.05) is 13.8 Å². The lowest BCUT2D eigenvalue weighted by atomic mass is 9.73. The van der Waals surface area contributed by atoms with Crippen LogP contribution < -0.4 is 11.2 Å². The van der Waals surface area contributed by atoms with Gasteiger partial charge in [0.25, 0.3) is 5.56 Å². The van der Waals surface area contributed by atoms with Crippen LogP contribution in [0.25, 0.3) is 0 Å². The molecule has 1 aromatic carbocycles. The SMILES string of the molecule is Cc1cc(C#N)cc(C(=O)c2c(C(C)C)c(=O)[nH]c(=O)n2CC2CC(CCO)C2)c1. The molecule has 7 heteroatoms. The predicted molar refractivity (Wildman–Crippen MR) is 113 cm³/mol. The summed E-state index contributed by atoms with van der Waals surface area (Å²) in [6.45, 7) is 5.91. The zero-order chi connectivity index (χ0) is 22.0. The van der Waals surface area contributed by atoms with Crippen LogP contribution in [0.15, 0.2) is 27.8 Å². The summed E-state index contributed by atoms with van der Waals surface area (Å²) in [6.07, 6.45) is 2.49. The van der Waals surface area contributed by atoms with Gasteiger partial charge in [-0.15, -0.1) is 0 Å². The highest BCUT2D eigenvalue weighted by molar-refractivity contribution is 6.09. The van der Waals surface area contributed by atoms with Crippen LogP contribution in [0.4, 0.5) is 0 Å². The third-order valence-electron chi connectivity index (χ3n) is 5.81. The summed E-state index contributed by atoms with van der Waals surface area (Å²) < 4.78 is 1.40. The Hall–Kier alpha value is -2.98. The Balaban J connectivity index is 2.10. The largest absolute Gasteiger partial charge is 0.396 e. The zero-order valence-electron chi connectivity index (χ0n) is 17.6. The number of H-pyrrole nitrogens is 1. The second-order valence-electron chi connectivity index (χ2n) is 8.53. The molecular weight excluding hydrogens is 382 g/mol. The van der Waals surface area contributed by atoms with E-state index in [0.29, 0.717) is 23.6 Å². The number of aliphatic hydroxyl groups excluding tert-OH is 1. The molecule has 158 valence electrons. The van der Waals surface area contributed by atoms with Crippen LogP contribution in [0.3, 0.4) is 0 Å². The van der Waals surface area contributed by atoms with Crippen molar-refractivity contribution in [1.29, 1.82) is 5.26 Å². The minimum Gasteiger partial charge on any atom is -0.396 e. The second kappa shape index (κ2) is 8.80. The molecule has 1 fully saturated rings. The summed E-state index contributed by atoms with van der Waals surface area (Å²) in [7, 11) is 0. The van der Waals surface area contributed by atoms with E-state index in [4.69, 9.17) is 5.11 Å². The van der Waals surface area contributed by atoms with Crippen molar-refractivity contribution < 1.29 is 9.90 Å². The van der Waals surface area contributed by atoms with Gasteiger partial charge in [0.2, 0.25) is 5.78 Å². The van der Waals surface area contributed by atoms with Crippen LogP contribution in [0, 0.1) is 30.1 Å². The van der Waals surface area contributed by atoms with Gasteiger partial charge in [-0.2, -0.15) is 5.26 Å². The van der Waals surface area contributed by atoms with Crippen molar-refractivity contribution in [3.05, 3.63) is 67.0 Å². The Bertz CT molecular complexity index is 1110. The summed E-state index contributed by atoms with van der Waals surface area (Å²) in [6, 6.07) is 6.90. The topological polar surface area (TPSA) is 116 Å². The van der Waals surface area contributed by atoms with Gasteiger partial charge in [-0.25, -0.2) is 4.79 Å². The molecule has 0 radical (unpaired) electrons. The van der Waals surface area contributed by atoms with E-state index in [0.717, 1.165) is 24.8 Å². The highest BCUT2D eigenvalue weighted by Gasteiger charge is 2.32. The van der Waals surface area contributed by atoms with Crippen LogP contribution in [-0.2, 0) is 6.54 Å². The zero-order valence-corrected chi connectivity index (χ0v) is 17.6. The molecule has 2 N–H and O–H groups in total. The van der Waals surface area contributed by atoms with Gasteiger partial charge in [0, 0.05) is 24.3 Å². The van der Waals surface area contributed by atoms with E-state index in [1.165, 1.54) is 10.6 Å². The first-order valence-corrected chi connectivity index (χ1v) is 10.3. The van der Waals surface area contributed by atoms with E-state index >= 15 is 0 Å². The highest BCUT2D eigenvalue weighted by atomic mass is 16.3. The summed E-state index contributed by atoms with van der Waals surface area (Å²) >= 11 is 0. The van der Waals surface area contributed by atoms with Crippen molar-refractivity contribution in [2.75, 3.05) is 6.61 Å². The fourth-order valence-electron chi connectivity index (χ4n) is 4.36. The van der Waals surface area contributed by atoms with Gasteiger partial charge in [-0.3, -0.25) is 19.1 Å². The number of rotatable bonds is 7. The summed E-state index contributed by atoms with van der Waals surface area (Å²) in [5.74, 6) is -0.0438. The molecule has 7 nitrogen and oxygen atoms in total. The molecule has 2 aromatic rings. The van der Waals surface area contributed by atoms with Crippen molar-refractivity contribution >= 4 is 5.78 Å². The predicted octanol–water partition coefficient (Wildman–Crippen LogP) is 2.48. The molecule has 1 aliphatic rings. The molecule has 1 heterocycles. The number of aliphatic hydroxyl groups is 1. The molecule has 0 saturated heterocycles. The number of hydrogen-bond donors (Lipinski definition) is 2. The molecule has 30 heavy (non-hydrogen) atoms. The number of carbonyl (C=O) groups is 1.